The van der Waals surface area contributed by atoms with E-state index >= 15 is 0 Å². The molecule has 6 rings (SSSR count). The van der Waals surface area contributed by atoms with Gasteiger partial charge in [0, 0.05) is 56.6 Å². The molecule has 0 radical (unpaired) electrons. The minimum atomic E-state index is -0.511. The quantitative estimate of drug-likeness (QED) is 0.427. The molecule has 1 N–H and O–H groups in total. The van der Waals surface area contributed by atoms with Crippen molar-refractivity contribution < 1.29 is 9.53 Å². The van der Waals surface area contributed by atoms with Gasteiger partial charge in [-0.05, 0) is 43.2 Å². The number of ether oxygens (including phenoxy) is 1. The zero-order valence-electron chi connectivity index (χ0n) is 22.1. The van der Waals surface area contributed by atoms with Crippen LogP contribution in [-0.4, -0.2) is 44.0 Å². The van der Waals surface area contributed by atoms with Crippen molar-refractivity contribution in [2.24, 2.45) is 0 Å². The highest BCUT2D eigenvalue weighted by Crippen LogP contribution is 2.37. The number of hydrogen-bond donors (Lipinski definition) is 1. The van der Waals surface area contributed by atoms with Gasteiger partial charge in [-0.2, -0.15) is 0 Å². The maximum atomic E-state index is 13.8. The summed E-state index contributed by atoms with van der Waals surface area (Å²) >= 11 is 0. The van der Waals surface area contributed by atoms with E-state index < -0.39 is 6.04 Å². The first-order valence-electron chi connectivity index (χ1n) is 13.3. The van der Waals surface area contributed by atoms with Gasteiger partial charge in [0.05, 0.1) is 11.3 Å². The van der Waals surface area contributed by atoms with Crippen molar-refractivity contribution in [3.05, 3.63) is 112 Å². The van der Waals surface area contributed by atoms with E-state index in [0.717, 1.165) is 17.5 Å². The summed E-state index contributed by atoms with van der Waals surface area (Å²) in [5.41, 5.74) is 3.55. The Hall–Kier alpha value is -4.30. The van der Waals surface area contributed by atoms with E-state index in [2.05, 4.69) is 27.3 Å². The van der Waals surface area contributed by atoms with Crippen LogP contribution in [0.15, 0.2) is 83.9 Å². The van der Waals surface area contributed by atoms with Crippen LogP contribution in [0.5, 0.6) is 5.75 Å². The smallest absolute Gasteiger partial charge is 0.255 e. The number of nitrogens with one attached hydrogen (secondary N) is 1. The van der Waals surface area contributed by atoms with Crippen LogP contribution >= 0.6 is 0 Å². The number of nitrogens with zero attached hydrogens (tertiary/aromatic N) is 4. The van der Waals surface area contributed by atoms with Gasteiger partial charge in [0.2, 0.25) is 0 Å². The Morgan fingerprint density at radius 3 is 2.64 bits per heavy atom. The molecule has 4 heterocycles. The standard InChI is InChI=1S/C31H31N5O3/c1-31(2)18-23-9-6-10-24(28(23)39-31)30(38)34-26-20-35(19-21-7-4-3-5-8-21)15-16-36-27(37)17-25(33-29(26)36)22-11-13-32-14-12-22/h3-14,17,26H,15-16,18-20H2,1-2H3,(H,34,38). The lowest BCUT2D eigenvalue weighted by Gasteiger charge is -2.25. The lowest BCUT2D eigenvalue weighted by molar-refractivity contribution is 0.0910. The Balaban J connectivity index is 1.37. The van der Waals surface area contributed by atoms with Gasteiger partial charge >= 0.3 is 0 Å². The number of carbonyl (C=O) groups is 1. The summed E-state index contributed by atoms with van der Waals surface area (Å²) in [4.78, 5) is 38.4. The third-order valence-corrected chi connectivity index (χ3v) is 7.30. The first kappa shape index (κ1) is 25.0. The molecule has 2 aromatic carbocycles. The Bertz CT molecular complexity index is 1570. The Morgan fingerprint density at radius 2 is 1.85 bits per heavy atom. The third kappa shape index (κ3) is 5.20. The maximum absolute atomic E-state index is 13.8. The molecule has 0 bridgehead atoms. The number of pyridine rings is 1. The highest BCUT2D eigenvalue weighted by molar-refractivity contribution is 5.97. The van der Waals surface area contributed by atoms with Gasteiger partial charge in [-0.3, -0.25) is 24.0 Å². The second-order valence-corrected chi connectivity index (χ2v) is 10.8. The van der Waals surface area contributed by atoms with Crippen molar-refractivity contribution in [2.75, 3.05) is 13.1 Å². The fraction of sp³-hybridized carbons (Fsp3) is 0.290. The van der Waals surface area contributed by atoms with Crippen LogP contribution in [0.4, 0.5) is 0 Å². The Morgan fingerprint density at radius 1 is 1.05 bits per heavy atom. The molecule has 8 heteroatoms. The largest absolute Gasteiger partial charge is 0.486 e. The van der Waals surface area contributed by atoms with Gasteiger partial charge in [0.25, 0.3) is 11.5 Å². The van der Waals surface area contributed by atoms with E-state index in [4.69, 9.17) is 9.72 Å². The van der Waals surface area contributed by atoms with E-state index in [1.54, 1.807) is 29.1 Å². The molecule has 1 unspecified atom stereocenters. The molecule has 2 aliphatic heterocycles. The van der Waals surface area contributed by atoms with Crippen molar-refractivity contribution in [3.8, 4) is 17.0 Å². The summed E-state index contributed by atoms with van der Waals surface area (Å²) in [5.74, 6) is 0.934. The van der Waals surface area contributed by atoms with Gasteiger partial charge in [-0.15, -0.1) is 0 Å². The summed E-state index contributed by atoms with van der Waals surface area (Å²) in [5, 5.41) is 3.21. The minimum absolute atomic E-state index is 0.140. The molecule has 2 aromatic heterocycles. The average Bonchev–Trinajstić information content (AvgIpc) is 3.15. The average molecular weight is 522 g/mol. The summed E-state index contributed by atoms with van der Waals surface area (Å²) in [6.45, 7) is 6.39. The number of hydrogen-bond acceptors (Lipinski definition) is 6. The van der Waals surface area contributed by atoms with Crippen molar-refractivity contribution in [1.82, 2.24) is 24.8 Å². The molecule has 4 aromatic rings. The Kier molecular flexibility index (Phi) is 6.48. The van der Waals surface area contributed by atoms with Gasteiger partial charge in [-0.1, -0.05) is 42.5 Å². The number of amides is 1. The number of fused-ring (bicyclic) bond motifs is 2. The molecule has 0 saturated heterocycles. The molecule has 0 fully saturated rings. The number of rotatable bonds is 5. The Labute approximate surface area is 227 Å². The molecular weight excluding hydrogens is 490 g/mol. The summed E-state index contributed by atoms with van der Waals surface area (Å²) in [6, 6.07) is 20.6. The van der Waals surface area contributed by atoms with Gasteiger partial charge in [0.15, 0.2) is 0 Å². The first-order chi connectivity index (χ1) is 18.9. The fourth-order valence-corrected chi connectivity index (χ4v) is 5.48. The molecule has 2 aliphatic rings. The van der Waals surface area contributed by atoms with Crippen LogP contribution in [0.2, 0.25) is 0 Å². The van der Waals surface area contributed by atoms with Gasteiger partial charge in [-0.25, -0.2) is 4.98 Å². The normalized spacial score (nSPS) is 17.9. The number of carbonyl (C=O) groups excluding carboxylic acids is 1. The highest BCUT2D eigenvalue weighted by atomic mass is 16.5. The fourth-order valence-electron chi connectivity index (χ4n) is 5.48. The van der Waals surface area contributed by atoms with Crippen LogP contribution in [0, 0.1) is 0 Å². The molecule has 39 heavy (non-hydrogen) atoms. The second kappa shape index (κ2) is 10.1. The van der Waals surface area contributed by atoms with E-state index in [1.165, 1.54) is 5.56 Å². The van der Waals surface area contributed by atoms with Crippen LogP contribution in [-0.2, 0) is 19.5 Å². The van der Waals surface area contributed by atoms with Crippen molar-refractivity contribution in [2.45, 2.75) is 45.0 Å². The minimum Gasteiger partial charge on any atom is -0.486 e. The lowest BCUT2D eigenvalue weighted by atomic mass is 10.0. The zero-order valence-corrected chi connectivity index (χ0v) is 22.1. The van der Waals surface area contributed by atoms with Crippen molar-refractivity contribution in [3.63, 3.8) is 0 Å². The summed E-state index contributed by atoms with van der Waals surface area (Å²) in [7, 11) is 0. The van der Waals surface area contributed by atoms with Crippen molar-refractivity contribution >= 4 is 5.91 Å². The summed E-state index contributed by atoms with van der Waals surface area (Å²) in [6.07, 6.45) is 4.10. The van der Waals surface area contributed by atoms with Gasteiger partial charge < -0.3 is 10.1 Å². The molecule has 0 spiro atoms. The molecule has 198 valence electrons. The number of para-hydroxylation sites is 1. The second-order valence-electron chi connectivity index (χ2n) is 10.8. The van der Waals surface area contributed by atoms with Crippen LogP contribution in [0.25, 0.3) is 11.3 Å². The molecule has 1 amide bonds. The van der Waals surface area contributed by atoms with Crippen LogP contribution in [0.3, 0.4) is 0 Å². The predicted molar refractivity (Wildman–Crippen MR) is 149 cm³/mol. The zero-order chi connectivity index (χ0) is 27.0. The van der Waals surface area contributed by atoms with E-state index in [9.17, 15) is 9.59 Å². The van der Waals surface area contributed by atoms with Crippen LogP contribution in [0.1, 0.15) is 47.2 Å². The molecular formula is C31H31N5O3. The number of aromatic nitrogens is 3. The number of benzene rings is 2. The third-order valence-electron chi connectivity index (χ3n) is 7.30. The molecule has 1 atom stereocenters. The highest BCUT2D eigenvalue weighted by Gasteiger charge is 2.34. The van der Waals surface area contributed by atoms with Crippen molar-refractivity contribution in [1.29, 1.82) is 0 Å². The summed E-state index contributed by atoms with van der Waals surface area (Å²) < 4.78 is 7.87. The molecule has 8 nitrogen and oxygen atoms in total. The van der Waals surface area contributed by atoms with E-state index in [0.29, 0.717) is 49.0 Å². The monoisotopic (exact) mass is 521 g/mol. The first-order valence-corrected chi connectivity index (χ1v) is 13.3. The predicted octanol–water partition coefficient (Wildman–Crippen LogP) is 4.01. The SMILES string of the molecule is CC1(C)Cc2cccc(C(=O)NC3CN(Cc4ccccc4)CCn4c3nc(-c3ccncc3)cc4=O)c2O1. The molecule has 0 saturated carbocycles. The maximum Gasteiger partial charge on any atom is 0.255 e. The van der Waals surface area contributed by atoms with Gasteiger partial charge in [0.1, 0.15) is 23.2 Å². The lowest BCUT2D eigenvalue weighted by Crippen LogP contribution is -2.38. The topological polar surface area (TPSA) is 89.4 Å². The van der Waals surface area contributed by atoms with Crippen LogP contribution < -0.4 is 15.6 Å². The van der Waals surface area contributed by atoms with E-state index in [-0.39, 0.29) is 17.1 Å². The molecule has 0 aliphatic carbocycles. The van der Waals surface area contributed by atoms with E-state index in [1.807, 2.05) is 56.3 Å².